The highest BCUT2D eigenvalue weighted by Gasteiger charge is 2.33. The summed E-state index contributed by atoms with van der Waals surface area (Å²) in [6, 6.07) is 0.555. The maximum atomic E-state index is 12.0. The van der Waals surface area contributed by atoms with Crippen molar-refractivity contribution in [3.63, 3.8) is 0 Å². The minimum atomic E-state index is 0.178. The van der Waals surface area contributed by atoms with E-state index in [0.29, 0.717) is 24.4 Å². The van der Waals surface area contributed by atoms with Crippen LogP contribution in [0.4, 0.5) is 4.79 Å². The monoisotopic (exact) mass is 307 g/mol. The molecule has 0 aromatic carbocycles. The van der Waals surface area contributed by atoms with Crippen LogP contribution >= 0.6 is 0 Å². The van der Waals surface area contributed by atoms with E-state index in [1.54, 1.807) is 4.90 Å². The fourth-order valence-corrected chi connectivity index (χ4v) is 3.15. The molecule has 0 N–H and O–H groups in total. The van der Waals surface area contributed by atoms with Crippen molar-refractivity contribution in [2.45, 2.75) is 45.2 Å². The lowest BCUT2D eigenvalue weighted by atomic mass is 10.0. The first-order chi connectivity index (χ1) is 10.5. The van der Waals surface area contributed by atoms with Gasteiger partial charge in [-0.3, -0.25) is 4.90 Å². The molecule has 122 valence electrons. The van der Waals surface area contributed by atoms with Crippen LogP contribution in [0.25, 0.3) is 0 Å². The van der Waals surface area contributed by atoms with Crippen molar-refractivity contribution in [3.05, 3.63) is 11.8 Å². The van der Waals surface area contributed by atoms with Gasteiger partial charge in [0.1, 0.15) is 0 Å². The Bertz CT molecular complexity index is 522. The molecule has 1 aromatic rings. The Balaban J connectivity index is 1.50. The molecule has 2 fully saturated rings. The zero-order valence-corrected chi connectivity index (χ0v) is 13.7. The van der Waals surface area contributed by atoms with Crippen LogP contribution in [-0.2, 0) is 6.54 Å². The molecule has 1 aromatic heterocycles. The van der Waals surface area contributed by atoms with Crippen molar-refractivity contribution < 1.29 is 9.21 Å². The molecule has 2 amide bonds. The molecule has 0 radical (unpaired) electrons. The van der Waals surface area contributed by atoms with Gasteiger partial charge in [0.25, 0.3) is 0 Å². The summed E-state index contributed by atoms with van der Waals surface area (Å²) in [4.78, 5) is 18.2. The second-order valence-corrected chi connectivity index (χ2v) is 6.59. The second kappa shape index (κ2) is 6.24. The number of likely N-dealkylation sites (N-methyl/N-ethyl adjacent to an activating group) is 1. The van der Waals surface area contributed by atoms with Crippen LogP contribution in [0.2, 0.25) is 0 Å². The van der Waals surface area contributed by atoms with Gasteiger partial charge in [0.05, 0.1) is 6.54 Å². The fraction of sp³-hybridized carbons (Fsp3) is 0.800. The Morgan fingerprint density at radius 1 is 1.18 bits per heavy atom. The van der Waals surface area contributed by atoms with Crippen molar-refractivity contribution in [3.8, 4) is 0 Å². The predicted octanol–water partition coefficient (Wildman–Crippen LogP) is 1.52. The van der Waals surface area contributed by atoms with E-state index in [-0.39, 0.29) is 11.9 Å². The molecule has 2 saturated heterocycles. The topological polar surface area (TPSA) is 65.7 Å². The average molecular weight is 307 g/mol. The van der Waals surface area contributed by atoms with E-state index in [4.69, 9.17) is 4.42 Å². The van der Waals surface area contributed by atoms with E-state index in [1.807, 2.05) is 25.8 Å². The predicted molar refractivity (Wildman–Crippen MR) is 81.4 cm³/mol. The Morgan fingerprint density at radius 3 is 2.45 bits per heavy atom. The van der Waals surface area contributed by atoms with Crippen molar-refractivity contribution in [1.29, 1.82) is 0 Å². The minimum absolute atomic E-state index is 0.178. The molecule has 7 nitrogen and oxygen atoms in total. The highest BCUT2D eigenvalue weighted by atomic mass is 16.4. The zero-order valence-electron chi connectivity index (χ0n) is 13.7. The molecule has 22 heavy (non-hydrogen) atoms. The smallest absolute Gasteiger partial charge is 0.320 e. The second-order valence-electron chi connectivity index (χ2n) is 6.59. The highest BCUT2D eigenvalue weighted by molar-refractivity contribution is 5.76. The standard InChI is InChI=1S/C15H25N5O2/c1-11(2)14-17-16-13(22-14)10-19-6-4-12(5-7-19)20-9-8-18(3)15(20)21/h11-12H,4-10H2,1-3H3. The minimum Gasteiger partial charge on any atom is -0.424 e. The maximum absolute atomic E-state index is 12.0. The summed E-state index contributed by atoms with van der Waals surface area (Å²) in [6.07, 6.45) is 2.04. The number of urea groups is 1. The van der Waals surface area contributed by atoms with Gasteiger partial charge in [-0.25, -0.2) is 4.79 Å². The van der Waals surface area contributed by atoms with Gasteiger partial charge in [0.15, 0.2) is 0 Å². The number of rotatable bonds is 4. The quantitative estimate of drug-likeness (QED) is 0.844. The molecule has 0 unspecified atom stereocenters. The molecular weight excluding hydrogens is 282 g/mol. The van der Waals surface area contributed by atoms with Gasteiger partial charge in [0.2, 0.25) is 11.8 Å². The number of carbonyl (C=O) groups excluding carboxylic acids is 1. The lowest BCUT2D eigenvalue weighted by molar-refractivity contribution is 0.121. The molecule has 3 heterocycles. The van der Waals surface area contributed by atoms with Crippen LogP contribution in [0.1, 0.15) is 44.4 Å². The first kappa shape index (κ1) is 15.3. The van der Waals surface area contributed by atoms with Gasteiger partial charge in [0, 0.05) is 45.2 Å². The van der Waals surface area contributed by atoms with Gasteiger partial charge in [-0.15, -0.1) is 10.2 Å². The van der Waals surface area contributed by atoms with E-state index in [1.165, 1.54) is 0 Å². The normalized spacial score (nSPS) is 21.4. The van der Waals surface area contributed by atoms with Crippen LogP contribution in [0.5, 0.6) is 0 Å². The number of hydrogen-bond acceptors (Lipinski definition) is 5. The summed E-state index contributed by atoms with van der Waals surface area (Å²) in [5.74, 6) is 1.67. The van der Waals surface area contributed by atoms with Crippen molar-refractivity contribution in [2.75, 3.05) is 33.2 Å². The number of nitrogens with zero attached hydrogens (tertiary/aromatic N) is 5. The average Bonchev–Trinajstić information content (AvgIpc) is 3.09. The summed E-state index contributed by atoms with van der Waals surface area (Å²) in [6.45, 7) is 8.45. The molecule has 3 rings (SSSR count). The number of hydrogen-bond donors (Lipinski definition) is 0. The molecule has 0 bridgehead atoms. The molecule has 2 aliphatic heterocycles. The molecule has 0 spiro atoms. The lowest BCUT2D eigenvalue weighted by Gasteiger charge is -2.35. The Hall–Kier alpha value is -1.63. The largest absolute Gasteiger partial charge is 0.424 e. The van der Waals surface area contributed by atoms with Gasteiger partial charge < -0.3 is 14.2 Å². The van der Waals surface area contributed by atoms with E-state index in [9.17, 15) is 4.79 Å². The van der Waals surface area contributed by atoms with Gasteiger partial charge >= 0.3 is 6.03 Å². The summed E-state index contributed by atoms with van der Waals surface area (Å²) in [5.41, 5.74) is 0. The number of piperidine rings is 1. The van der Waals surface area contributed by atoms with Crippen LogP contribution in [0.15, 0.2) is 4.42 Å². The molecule has 0 atom stereocenters. The van der Waals surface area contributed by atoms with E-state index in [2.05, 4.69) is 15.1 Å². The van der Waals surface area contributed by atoms with Crippen LogP contribution in [0.3, 0.4) is 0 Å². The molecule has 7 heteroatoms. The van der Waals surface area contributed by atoms with Crippen LogP contribution in [0, 0.1) is 0 Å². The molecule has 0 saturated carbocycles. The third kappa shape index (κ3) is 3.09. The lowest BCUT2D eigenvalue weighted by Crippen LogP contribution is -2.46. The summed E-state index contributed by atoms with van der Waals surface area (Å²) in [5, 5.41) is 8.20. The number of carbonyl (C=O) groups is 1. The van der Waals surface area contributed by atoms with E-state index < -0.39 is 0 Å². The van der Waals surface area contributed by atoms with Crippen LogP contribution < -0.4 is 0 Å². The maximum Gasteiger partial charge on any atom is 0.320 e. The zero-order chi connectivity index (χ0) is 15.7. The van der Waals surface area contributed by atoms with Gasteiger partial charge in [-0.1, -0.05) is 13.8 Å². The van der Waals surface area contributed by atoms with Crippen molar-refractivity contribution in [1.82, 2.24) is 24.9 Å². The molecule has 2 aliphatic rings. The molecular formula is C15H25N5O2. The SMILES string of the molecule is CC(C)c1nnc(CN2CCC(N3CCN(C)C3=O)CC2)o1. The summed E-state index contributed by atoms with van der Waals surface area (Å²) < 4.78 is 5.67. The summed E-state index contributed by atoms with van der Waals surface area (Å²) in [7, 11) is 1.87. The van der Waals surface area contributed by atoms with Crippen molar-refractivity contribution in [2.24, 2.45) is 0 Å². The first-order valence-corrected chi connectivity index (χ1v) is 8.11. The first-order valence-electron chi connectivity index (χ1n) is 8.11. The highest BCUT2D eigenvalue weighted by Crippen LogP contribution is 2.22. The van der Waals surface area contributed by atoms with Gasteiger partial charge in [-0.05, 0) is 12.8 Å². The van der Waals surface area contributed by atoms with Gasteiger partial charge in [-0.2, -0.15) is 0 Å². The fourth-order valence-electron chi connectivity index (χ4n) is 3.15. The van der Waals surface area contributed by atoms with Crippen LogP contribution in [-0.4, -0.2) is 70.2 Å². The third-order valence-corrected chi connectivity index (χ3v) is 4.58. The number of aromatic nitrogens is 2. The third-order valence-electron chi connectivity index (χ3n) is 4.58. The number of amides is 2. The summed E-state index contributed by atoms with van der Waals surface area (Å²) >= 11 is 0. The Kier molecular flexibility index (Phi) is 4.33. The van der Waals surface area contributed by atoms with E-state index >= 15 is 0 Å². The Labute approximate surface area is 131 Å². The van der Waals surface area contributed by atoms with Crippen molar-refractivity contribution >= 4 is 6.03 Å². The Morgan fingerprint density at radius 2 is 1.91 bits per heavy atom. The molecule has 0 aliphatic carbocycles. The van der Waals surface area contributed by atoms with E-state index in [0.717, 1.165) is 39.0 Å². The number of likely N-dealkylation sites (tertiary alicyclic amines) is 1.